The molecule has 2 aromatic rings. The van der Waals surface area contributed by atoms with Crippen LogP contribution >= 0.6 is 0 Å². The van der Waals surface area contributed by atoms with Crippen LogP contribution in [0.1, 0.15) is 25.2 Å². The van der Waals surface area contributed by atoms with Crippen molar-refractivity contribution in [1.29, 1.82) is 0 Å². The highest BCUT2D eigenvalue weighted by atomic mass is 19.1. The summed E-state index contributed by atoms with van der Waals surface area (Å²) in [6.45, 7) is 3.13. The van der Waals surface area contributed by atoms with Crippen LogP contribution in [0.5, 0.6) is 0 Å². The van der Waals surface area contributed by atoms with Gasteiger partial charge in [0.15, 0.2) is 0 Å². The van der Waals surface area contributed by atoms with Crippen molar-refractivity contribution in [3.05, 3.63) is 41.7 Å². The van der Waals surface area contributed by atoms with E-state index in [0.717, 1.165) is 5.69 Å². The number of hydrogen-bond donors (Lipinski definition) is 1. The van der Waals surface area contributed by atoms with Gasteiger partial charge in [-0.25, -0.2) is 9.07 Å². The Kier molecular flexibility index (Phi) is 2.93. The second-order valence-electron chi connectivity index (χ2n) is 4.31. The van der Waals surface area contributed by atoms with Gasteiger partial charge >= 0.3 is 0 Å². The summed E-state index contributed by atoms with van der Waals surface area (Å²) in [5.41, 5.74) is 5.70. The summed E-state index contributed by atoms with van der Waals surface area (Å²) in [7, 11) is 0. The molecule has 90 valence electrons. The van der Waals surface area contributed by atoms with Gasteiger partial charge in [-0.3, -0.25) is 0 Å². The van der Waals surface area contributed by atoms with E-state index < -0.39 is 5.67 Å². The van der Waals surface area contributed by atoms with Gasteiger partial charge in [0.2, 0.25) is 0 Å². The van der Waals surface area contributed by atoms with Gasteiger partial charge in [-0.1, -0.05) is 23.4 Å². The molecule has 0 aliphatic heterocycles. The van der Waals surface area contributed by atoms with Crippen molar-refractivity contribution >= 4 is 0 Å². The normalized spacial score (nSPS) is 11.8. The highest BCUT2D eigenvalue weighted by Crippen LogP contribution is 2.28. The number of halogens is 1. The molecule has 1 aromatic heterocycles. The third-order valence-electron chi connectivity index (χ3n) is 2.50. The zero-order valence-electron chi connectivity index (χ0n) is 9.89. The van der Waals surface area contributed by atoms with E-state index in [9.17, 15) is 4.39 Å². The molecule has 2 N–H and O–H groups in total. The number of para-hydroxylation sites is 1. The predicted octanol–water partition coefficient (Wildman–Crippen LogP) is 1.93. The summed E-state index contributed by atoms with van der Waals surface area (Å²) >= 11 is 0. The fourth-order valence-electron chi connectivity index (χ4n) is 1.80. The number of hydrogen-bond acceptors (Lipinski definition) is 3. The summed E-state index contributed by atoms with van der Waals surface area (Å²) in [6.07, 6.45) is 0. The van der Waals surface area contributed by atoms with Crippen LogP contribution in [0.3, 0.4) is 0 Å². The van der Waals surface area contributed by atoms with Crippen LogP contribution in [-0.2, 0) is 12.2 Å². The topological polar surface area (TPSA) is 56.7 Å². The van der Waals surface area contributed by atoms with E-state index in [-0.39, 0.29) is 6.54 Å². The van der Waals surface area contributed by atoms with Crippen LogP contribution in [0.2, 0.25) is 0 Å². The Balaban J connectivity index is 2.60. The molecule has 0 unspecified atom stereocenters. The Morgan fingerprint density at radius 1 is 1.29 bits per heavy atom. The van der Waals surface area contributed by atoms with Crippen molar-refractivity contribution in [3.63, 3.8) is 0 Å². The fourth-order valence-corrected chi connectivity index (χ4v) is 1.80. The van der Waals surface area contributed by atoms with Crippen molar-refractivity contribution < 1.29 is 4.39 Å². The van der Waals surface area contributed by atoms with E-state index in [0.29, 0.717) is 11.4 Å². The zero-order valence-corrected chi connectivity index (χ0v) is 9.89. The fraction of sp³-hybridized carbons (Fsp3) is 0.333. The number of aromatic nitrogens is 3. The summed E-state index contributed by atoms with van der Waals surface area (Å²) in [6, 6.07) is 9.33. The summed E-state index contributed by atoms with van der Waals surface area (Å²) in [5.74, 6) is 0. The Morgan fingerprint density at radius 2 is 1.94 bits per heavy atom. The number of benzene rings is 1. The second kappa shape index (κ2) is 4.25. The smallest absolute Gasteiger partial charge is 0.149 e. The van der Waals surface area contributed by atoms with Crippen molar-refractivity contribution in [2.45, 2.75) is 26.1 Å². The Labute approximate surface area is 99.2 Å². The van der Waals surface area contributed by atoms with Crippen molar-refractivity contribution in [1.82, 2.24) is 15.0 Å². The molecule has 2 rings (SSSR count). The minimum atomic E-state index is -1.53. The van der Waals surface area contributed by atoms with Crippen molar-refractivity contribution in [2.24, 2.45) is 5.73 Å². The van der Waals surface area contributed by atoms with Gasteiger partial charge in [0.05, 0.1) is 5.69 Å². The van der Waals surface area contributed by atoms with Crippen LogP contribution in [0.15, 0.2) is 30.3 Å². The molecule has 0 spiro atoms. The first-order valence-corrected chi connectivity index (χ1v) is 5.43. The van der Waals surface area contributed by atoms with Gasteiger partial charge < -0.3 is 5.73 Å². The highest BCUT2D eigenvalue weighted by molar-refractivity contribution is 5.34. The first-order valence-electron chi connectivity index (χ1n) is 5.43. The second-order valence-corrected chi connectivity index (χ2v) is 4.31. The molecule has 0 bridgehead atoms. The number of nitrogens with two attached hydrogens (primary N) is 1. The molecule has 0 fully saturated rings. The minimum Gasteiger partial charge on any atom is -0.325 e. The zero-order chi connectivity index (χ0) is 12.5. The molecule has 4 nitrogen and oxygen atoms in total. The van der Waals surface area contributed by atoms with E-state index in [1.165, 1.54) is 18.5 Å². The van der Waals surface area contributed by atoms with Crippen LogP contribution < -0.4 is 5.73 Å². The third-order valence-corrected chi connectivity index (χ3v) is 2.50. The van der Waals surface area contributed by atoms with Crippen molar-refractivity contribution in [2.75, 3.05) is 0 Å². The molecular formula is C12H15FN4. The van der Waals surface area contributed by atoms with Gasteiger partial charge in [0, 0.05) is 6.54 Å². The van der Waals surface area contributed by atoms with Crippen LogP contribution in [0.4, 0.5) is 4.39 Å². The van der Waals surface area contributed by atoms with E-state index in [2.05, 4.69) is 10.3 Å². The largest absolute Gasteiger partial charge is 0.325 e. The van der Waals surface area contributed by atoms with E-state index >= 15 is 0 Å². The molecule has 0 saturated carbocycles. The van der Waals surface area contributed by atoms with Crippen LogP contribution in [-0.4, -0.2) is 15.0 Å². The lowest BCUT2D eigenvalue weighted by atomic mass is 10.0. The quantitative estimate of drug-likeness (QED) is 0.882. The molecule has 0 atom stereocenters. The van der Waals surface area contributed by atoms with Gasteiger partial charge in [-0.15, -0.1) is 5.10 Å². The lowest BCUT2D eigenvalue weighted by Gasteiger charge is -2.17. The lowest BCUT2D eigenvalue weighted by Crippen LogP contribution is -2.19. The Hall–Kier alpha value is -1.75. The van der Waals surface area contributed by atoms with Gasteiger partial charge in [0.1, 0.15) is 17.1 Å². The molecule has 1 aromatic carbocycles. The Morgan fingerprint density at radius 3 is 2.47 bits per heavy atom. The molecule has 1 heterocycles. The molecule has 17 heavy (non-hydrogen) atoms. The van der Waals surface area contributed by atoms with E-state index in [1.807, 2.05) is 30.3 Å². The summed E-state index contributed by atoms with van der Waals surface area (Å²) in [4.78, 5) is 0. The van der Waals surface area contributed by atoms with E-state index in [4.69, 9.17) is 5.73 Å². The summed E-state index contributed by atoms with van der Waals surface area (Å²) in [5, 5.41) is 7.90. The van der Waals surface area contributed by atoms with Crippen LogP contribution in [0, 0.1) is 0 Å². The monoisotopic (exact) mass is 234 g/mol. The molecular weight excluding hydrogens is 219 g/mol. The minimum absolute atomic E-state index is 0.176. The van der Waals surface area contributed by atoms with Gasteiger partial charge in [-0.2, -0.15) is 0 Å². The number of rotatable bonds is 3. The molecule has 0 amide bonds. The molecule has 0 aliphatic rings. The standard InChI is InChI=1S/C12H15FN4/c1-12(2,13)11-10(8-14)15-16-17(11)9-6-4-3-5-7-9/h3-7H,8,14H2,1-2H3. The number of alkyl halides is 1. The van der Waals surface area contributed by atoms with Gasteiger partial charge in [0.25, 0.3) is 0 Å². The first-order chi connectivity index (χ1) is 8.04. The molecule has 0 radical (unpaired) electrons. The van der Waals surface area contributed by atoms with Crippen LogP contribution in [0.25, 0.3) is 5.69 Å². The lowest BCUT2D eigenvalue weighted by molar-refractivity contribution is 0.208. The average molecular weight is 234 g/mol. The first kappa shape index (κ1) is 11.7. The molecule has 0 aliphatic carbocycles. The number of nitrogens with zero attached hydrogens (tertiary/aromatic N) is 3. The third kappa shape index (κ3) is 2.19. The average Bonchev–Trinajstić information content (AvgIpc) is 2.73. The summed E-state index contributed by atoms with van der Waals surface area (Å²) < 4.78 is 15.7. The molecule has 0 saturated heterocycles. The van der Waals surface area contributed by atoms with E-state index in [1.54, 1.807) is 0 Å². The maximum Gasteiger partial charge on any atom is 0.149 e. The highest BCUT2D eigenvalue weighted by Gasteiger charge is 2.29. The molecule has 5 heteroatoms. The maximum atomic E-state index is 14.2. The van der Waals surface area contributed by atoms with Gasteiger partial charge in [-0.05, 0) is 26.0 Å². The predicted molar refractivity (Wildman–Crippen MR) is 63.4 cm³/mol. The SMILES string of the molecule is CC(C)(F)c1c(CN)nnn1-c1ccccc1. The maximum absolute atomic E-state index is 14.2. The van der Waals surface area contributed by atoms with Crippen molar-refractivity contribution in [3.8, 4) is 5.69 Å². The Bertz CT molecular complexity index is 499.